The maximum atomic E-state index is 5.97. The zero-order valence-corrected chi connectivity index (χ0v) is 15.9. The zero-order chi connectivity index (χ0) is 18.5. The summed E-state index contributed by atoms with van der Waals surface area (Å²) in [5.74, 6) is 3.80. The lowest BCUT2D eigenvalue weighted by Gasteiger charge is -2.13. The summed E-state index contributed by atoms with van der Waals surface area (Å²) in [6.45, 7) is 8.32. The summed E-state index contributed by atoms with van der Waals surface area (Å²) in [6, 6.07) is 13.7. The van der Waals surface area contributed by atoms with Gasteiger partial charge in [0.2, 0.25) is 0 Å². The minimum absolute atomic E-state index is 0.401. The van der Waals surface area contributed by atoms with E-state index in [4.69, 9.17) is 19.2 Å². The van der Waals surface area contributed by atoms with Crippen LogP contribution in [0.1, 0.15) is 26.6 Å². The number of methoxy groups -OCH3 is 1. The molecule has 3 aromatic rings. The third-order valence-electron chi connectivity index (χ3n) is 4.07. The Kier molecular flexibility index (Phi) is 5.66. The van der Waals surface area contributed by atoms with E-state index in [1.54, 1.807) is 7.11 Å². The van der Waals surface area contributed by atoms with Crippen LogP contribution < -0.4 is 14.2 Å². The molecule has 0 saturated heterocycles. The van der Waals surface area contributed by atoms with Gasteiger partial charge in [-0.05, 0) is 37.1 Å². The van der Waals surface area contributed by atoms with E-state index in [2.05, 4.69) is 24.5 Å². The molecule has 2 aromatic carbocycles. The number of imidazole rings is 1. The highest BCUT2D eigenvalue weighted by atomic mass is 16.5. The number of hydrogen-bond acceptors (Lipinski definition) is 4. The van der Waals surface area contributed by atoms with Crippen molar-refractivity contribution in [3.63, 3.8) is 0 Å². The summed E-state index contributed by atoms with van der Waals surface area (Å²) in [6.07, 6.45) is 0. The lowest BCUT2D eigenvalue weighted by atomic mass is 10.2. The number of rotatable bonds is 8. The number of fused-ring (bicyclic) bond motifs is 1. The maximum Gasteiger partial charge on any atom is 0.148 e. The summed E-state index contributed by atoms with van der Waals surface area (Å²) >= 11 is 0. The van der Waals surface area contributed by atoms with Gasteiger partial charge >= 0.3 is 0 Å². The van der Waals surface area contributed by atoms with Gasteiger partial charge < -0.3 is 18.8 Å². The Morgan fingerprint density at radius 2 is 1.77 bits per heavy atom. The molecule has 26 heavy (non-hydrogen) atoms. The molecular formula is C21H26N2O3. The van der Waals surface area contributed by atoms with Crippen LogP contribution in [0.3, 0.4) is 0 Å². The van der Waals surface area contributed by atoms with E-state index in [0.29, 0.717) is 19.1 Å². The first-order chi connectivity index (χ1) is 12.6. The van der Waals surface area contributed by atoms with E-state index in [0.717, 1.165) is 40.7 Å². The second-order valence-corrected chi connectivity index (χ2v) is 6.58. The summed E-state index contributed by atoms with van der Waals surface area (Å²) in [5, 5.41) is 0. The van der Waals surface area contributed by atoms with Crippen molar-refractivity contribution in [2.24, 2.45) is 5.92 Å². The number of hydrogen-bond donors (Lipinski definition) is 0. The summed E-state index contributed by atoms with van der Waals surface area (Å²) in [5.41, 5.74) is 2.03. The zero-order valence-electron chi connectivity index (χ0n) is 15.9. The van der Waals surface area contributed by atoms with Gasteiger partial charge in [-0.1, -0.05) is 19.9 Å². The normalized spacial score (nSPS) is 11.1. The van der Waals surface area contributed by atoms with Gasteiger partial charge in [-0.3, -0.25) is 0 Å². The SMILES string of the molecule is CCOc1ccc2c(c1)nc(COc1cccc(OC)c1)n2CC(C)C. The first-order valence-electron chi connectivity index (χ1n) is 8.99. The highest BCUT2D eigenvalue weighted by Gasteiger charge is 2.13. The Bertz CT molecular complexity index is 871. The highest BCUT2D eigenvalue weighted by Crippen LogP contribution is 2.25. The van der Waals surface area contributed by atoms with Gasteiger partial charge in [-0.25, -0.2) is 4.98 Å². The predicted molar refractivity (Wildman–Crippen MR) is 103 cm³/mol. The average Bonchev–Trinajstić information content (AvgIpc) is 2.96. The van der Waals surface area contributed by atoms with Crippen molar-refractivity contribution in [2.75, 3.05) is 13.7 Å². The van der Waals surface area contributed by atoms with E-state index in [1.165, 1.54) is 0 Å². The molecule has 138 valence electrons. The molecule has 3 rings (SSSR count). The van der Waals surface area contributed by atoms with Gasteiger partial charge in [0.05, 0.1) is 24.8 Å². The molecule has 0 amide bonds. The summed E-state index contributed by atoms with van der Waals surface area (Å²) in [4.78, 5) is 4.79. The van der Waals surface area contributed by atoms with Crippen LogP contribution in [0.5, 0.6) is 17.2 Å². The molecular weight excluding hydrogens is 328 g/mol. The standard InChI is InChI=1S/C21H26N2O3/c1-5-25-18-9-10-20-19(12-18)22-21(23(20)13-15(2)3)14-26-17-8-6-7-16(11-17)24-4/h6-12,15H,5,13-14H2,1-4H3. The quantitative estimate of drug-likeness (QED) is 0.589. The van der Waals surface area contributed by atoms with Crippen molar-refractivity contribution < 1.29 is 14.2 Å². The lowest BCUT2D eigenvalue weighted by molar-refractivity contribution is 0.285. The smallest absolute Gasteiger partial charge is 0.148 e. The Hall–Kier alpha value is -2.69. The molecule has 0 aliphatic carbocycles. The van der Waals surface area contributed by atoms with Crippen LogP contribution in [0.4, 0.5) is 0 Å². The van der Waals surface area contributed by atoms with Crippen LogP contribution in [0.15, 0.2) is 42.5 Å². The fraction of sp³-hybridized carbons (Fsp3) is 0.381. The number of nitrogens with zero attached hydrogens (tertiary/aromatic N) is 2. The molecule has 5 heteroatoms. The molecule has 0 bridgehead atoms. The molecule has 0 saturated carbocycles. The summed E-state index contributed by atoms with van der Waals surface area (Å²) in [7, 11) is 1.65. The van der Waals surface area contributed by atoms with Gasteiger partial charge in [0.15, 0.2) is 0 Å². The van der Waals surface area contributed by atoms with Crippen molar-refractivity contribution in [3.8, 4) is 17.2 Å². The van der Waals surface area contributed by atoms with Crippen LogP contribution in [0, 0.1) is 5.92 Å². The second-order valence-electron chi connectivity index (χ2n) is 6.58. The average molecular weight is 354 g/mol. The van der Waals surface area contributed by atoms with E-state index < -0.39 is 0 Å². The highest BCUT2D eigenvalue weighted by molar-refractivity contribution is 5.77. The topological polar surface area (TPSA) is 45.5 Å². The monoisotopic (exact) mass is 354 g/mol. The second kappa shape index (κ2) is 8.13. The van der Waals surface area contributed by atoms with Crippen molar-refractivity contribution in [1.82, 2.24) is 9.55 Å². The molecule has 0 aliphatic heterocycles. The van der Waals surface area contributed by atoms with Gasteiger partial charge in [-0.2, -0.15) is 0 Å². The van der Waals surface area contributed by atoms with Crippen LogP contribution in [-0.4, -0.2) is 23.3 Å². The minimum atomic E-state index is 0.401. The van der Waals surface area contributed by atoms with Crippen LogP contribution >= 0.6 is 0 Å². The van der Waals surface area contributed by atoms with Crippen molar-refractivity contribution in [3.05, 3.63) is 48.3 Å². The Morgan fingerprint density at radius 1 is 1.00 bits per heavy atom. The molecule has 1 aromatic heterocycles. The lowest BCUT2D eigenvalue weighted by Crippen LogP contribution is -2.11. The molecule has 1 heterocycles. The van der Waals surface area contributed by atoms with Crippen LogP contribution in [-0.2, 0) is 13.2 Å². The predicted octanol–water partition coefficient (Wildman–Crippen LogP) is 4.68. The maximum absolute atomic E-state index is 5.97. The molecule has 0 N–H and O–H groups in total. The molecule has 0 atom stereocenters. The van der Waals surface area contributed by atoms with E-state index in [-0.39, 0.29) is 0 Å². The molecule has 0 aliphatic rings. The number of benzene rings is 2. The fourth-order valence-corrected chi connectivity index (χ4v) is 2.93. The Labute approximate surface area is 154 Å². The molecule has 0 radical (unpaired) electrons. The van der Waals surface area contributed by atoms with E-state index in [9.17, 15) is 0 Å². The molecule has 0 unspecified atom stereocenters. The van der Waals surface area contributed by atoms with Gasteiger partial charge in [0.25, 0.3) is 0 Å². The summed E-state index contributed by atoms with van der Waals surface area (Å²) < 4.78 is 19.1. The van der Waals surface area contributed by atoms with Gasteiger partial charge in [0, 0.05) is 18.7 Å². The first-order valence-corrected chi connectivity index (χ1v) is 8.99. The molecule has 5 nitrogen and oxygen atoms in total. The van der Waals surface area contributed by atoms with Gasteiger partial charge in [-0.15, -0.1) is 0 Å². The number of aromatic nitrogens is 2. The Morgan fingerprint density at radius 3 is 2.50 bits per heavy atom. The van der Waals surface area contributed by atoms with Crippen LogP contribution in [0.25, 0.3) is 11.0 Å². The fourth-order valence-electron chi connectivity index (χ4n) is 2.93. The van der Waals surface area contributed by atoms with Gasteiger partial charge in [0.1, 0.15) is 29.7 Å². The van der Waals surface area contributed by atoms with Crippen molar-refractivity contribution in [2.45, 2.75) is 33.9 Å². The third-order valence-corrected chi connectivity index (χ3v) is 4.07. The van der Waals surface area contributed by atoms with Crippen molar-refractivity contribution >= 4 is 11.0 Å². The molecule has 0 spiro atoms. The molecule has 0 fully saturated rings. The largest absolute Gasteiger partial charge is 0.497 e. The third kappa shape index (κ3) is 4.10. The Balaban J connectivity index is 1.89. The van der Waals surface area contributed by atoms with Crippen LogP contribution in [0.2, 0.25) is 0 Å². The van der Waals surface area contributed by atoms with E-state index in [1.807, 2.05) is 43.3 Å². The first kappa shape index (κ1) is 18.1. The van der Waals surface area contributed by atoms with E-state index >= 15 is 0 Å². The minimum Gasteiger partial charge on any atom is -0.497 e. The van der Waals surface area contributed by atoms with Crippen molar-refractivity contribution in [1.29, 1.82) is 0 Å². The number of ether oxygens (including phenoxy) is 3.